The standard InChI is InChI=1S/C9H22GeO5Si/c1-12-10(13-2,14-3)8-7-9(11)15-16(4,5)6/h7-8H2,1-6H3. The fourth-order valence-corrected chi connectivity index (χ4v) is 5.39. The molecule has 0 bridgehead atoms. The number of hydrogen-bond acceptors (Lipinski definition) is 5. The minimum absolute atomic E-state index is 0.194. The van der Waals surface area contributed by atoms with E-state index in [2.05, 4.69) is 0 Å². The van der Waals surface area contributed by atoms with Gasteiger partial charge in [-0.2, -0.15) is 0 Å². The molecule has 0 saturated heterocycles. The van der Waals surface area contributed by atoms with Crippen molar-refractivity contribution < 1.29 is 20.5 Å². The summed E-state index contributed by atoms with van der Waals surface area (Å²) >= 11 is -3.16. The number of rotatable bonds is 7. The van der Waals surface area contributed by atoms with E-state index < -0.39 is 22.6 Å². The first-order valence-corrected chi connectivity index (χ1v) is 12.6. The van der Waals surface area contributed by atoms with Gasteiger partial charge in [-0.05, 0) is 0 Å². The van der Waals surface area contributed by atoms with E-state index in [0.717, 1.165) is 0 Å². The number of carbonyl (C=O) groups is 1. The van der Waals surface area contributed by atoms with Crippen molar-refractivity contribution in [1.82, 2.24) is 0 Å². The molecule has 0 amide bonds. The normalized spacial score (nSPS) is 12.6. The van der Waals surface area contributed by atoms with Gasteiger partial charge in [0.1, 0.15) is 0 Å². The van der Waals surface area contributed by atoms with Gasteiger partial charge in [0.15, 0.2) is 0 Å². The van der Waals surface area contributed by atoms with Crippen LogP contribution < -0.4 is 0 Å². The van der Waals surface area contributed by atoms with Crippen LogP contribution in [-0.4, -0.2) is 49.9 Å². The summed E-state index contributed by atoms with van der Waals surface area (Å²) in [6.45, 7) is 5.92. The summed E-state index contributed by atoms with van der Waals surface area (Å²) in [5.74, 6) is -0.194. The van der Waals surface area contributed by atoms with E-state index in [1.54, 1.807) is 21.3 Å². The maximum absolute atomic E-state index is 11.5. The monoisotopic (exact) mass is 312 g/mol. The summed E-state index contributed by atoms with van der Waals surface area (Å²) in [5.41, 5.74) is 0. The predicted octanol–water partition coefficient (Wildman–Crippen LogP) is 1.63. The SMILES string of the molecule is C[O][Ge]([CH2]CC(=O)O[Si](C)(C)C)([O]C)[O]C. The molecule has 16 heavy (non-hydrogen) atoms. The van der Waals surface area contributed by atoms with Crippen LogP contribution in [0, 0.1) is 0 Å². The molecule has 0 saturated carbocycles. The molecule has 0 N–H and O–H groups in total. The summed E-state index contributed by atoms with van der Waals surface area (Å²) < 4.78 is 21.1. The molecule has 0 aromatic carbocycles. The zero-order valence-corrected chi connectivity index (χ0v) is 14.1. The van der Waals surface area contributed by atoms with Gasteiger partial charge in [-0.3, -0.25) is 0 Å². The van der Waals surface area contributed by atoms with Crippen LogP contribution in [0.1, 0.15) is 6.42 Å². The fourth-order valence-electron chi connectivity index (χ4n) is 1.20. The molecule has 0 aromatic heterocycles. The number of carbonyl (C=O) groups excluding carboxylic acids is 1. The van der Waals surface area contributed by atoms with Gasteiger partial charge in [0, 0.05) is 0 Å². The van der Waals surface area contributed by atoms with Gasteiger partial charge in [-0.15, -0.1) is 0 Å². The van der Waals surface area contributed by atoms with Crippen molar-refractivity contribution in [3.05, 3.63) is 0 Å². The van der Waals surface area contributed by atoms with Crippen molar-refractivity contribution in [3.63, 3.8) is 0 Å². The molecule has 5 nitrogen and oxygen atoms in total. The van der Waals surface area contributed by atoms with E-state index >= 15 is 0 Å². The van der Waals surface area contributed by atoms with Gasteiger partial charge in [0.25, 0.3) is 0 Å². The second-order valence-corrected chi connectivity index (χ2v) is 15.3. The molecule has 0 aromatic rings. The zero-order chi connectivity index (χ0) is 12.8. The topological polar surface area (TPSA) is 54.0 Å². The van der Waals surface area contributed by atoms with Crippen LogP contribution in [0.5, 0.6) is 0 Å². The quantitative estimate of drug-likeness (QED) is 0.669. The Hall–Kier alpha value is 0.110. The molecular formula is C9H22GeO5Si. The molecule has 0 radical (unpaired) electrons. The summed E-state index contributed by atoms with van der Waals surface area (Å²) in [6, 6.07) is 0. The molecule has 0 fully saturated rings. The van der Waals surface area contributed by atoms with Crippen molar-refractivity contribution >= 4 is 28.6 Å². The second kappa shape index (κ2) is 6.75. The van der Waals surface area contributed by atoms with Gasteiger partial charge in [0.05, 0.1) is 0 Å². The average molecular weight is 311 g/mol. The fraction of sp³-hybridized carbons (Fsp3) is 0.889. The molecular weight excluding hydrogens is 289 g/mol. The first-order chi connectivity index (χ1) is 7.28. The molecule has 0 heterocycles. The Balaban J connectivity index is 4.17. The molecule has 0 atom stereocenters. The van der Waals surface area contributed by atoms with Crippen LogP contribution in [-0.2, 0) is 20.5 Å². The van der Waals surface area contributed by atoms with Crippen LogP contribution in [0.4, 0.5) is 0 Å². The van der Waals surface area contributed by atoms with Gasteiger partial charge < -0.3 is 0 Å². The molecule has 0 unspecified atom stereocenters. The van der Waals surface area contributed by atoms with E-state index in [1.807, 2.05) is 19.6 Å². The third-order valence-corrected chi connectivity index (χ3v) is 8.55. The van der Waals surface area contributed by atoms with Crippen LogP contribution in [0.25, 0.3) is 0 Å². The third kappa shape index (κ3) is 6.00. The van der Waals surface area contributed by atoms with Crippen LogP contribution in [0.3, 0.4) is 0 Å². The van der Waals surface area contributed by atoms with Gasteiger partial charge >= 0.3 is 102 Å². The van der Waals surface area contributed by atoms with Gasteiger partial charge in [-0.25, -0.2) is 0 Å². The molecule has 0 aliphatic carbocycles. The summed E-state index contributed by atoms with van der Waals surface area (Å²) in [7, 11) is 2.86. The Bertz CT molecular complexity index is 216. The minimum atomic E-state index is -3.16. The summed E-state index contributed by atoms with van der Waals surface area (Å²) in [4.78, 5) is 11.5. The Morgan fingerprint density at radius 3 is 1.81 bits per heavy atom. The Morgan fingerprint density at radius 1 is 1.06 bits per heavy atom. The van der Waals surface area contributed by atoms with E-state index in [4.69, 9.17) is 15.7 Å². The van der Waals surface area contributed by atoms with E-state index in [0.29, 0.717) is 11.7 Å². The molecule has 7 heteroatoms. The Kier molecular flexibility index (Phi) is 6.80. The first kappa shape index (κ1) is 16.1. The van der Waals surface area contributed by atoms with E-state index in [9.17, 15) is 4.79 Å². The van der Waals surface area contributed by atoms with Crippen LogP contribution >= 0.6 is 0 Å². The van der Waals surface area contributed by atoms with Crippen molar-refractivity contribution in [2.45, 2.75) is 31.3 Å². The van der Waals surface area contributed by atoms with Gasteiger partial charge in [-0.1, -0.05) is 0 Å². The first-order valence-electron chi connectivity index (χ1n) is 5.16. The Labute approximate surface area is 102 Å². The molecule has 0 aliphatic heterocycles. The Morgan fingerprint density at radius 2 is 1.50 bits per heavy atom. The molecule has 0 spiro atoms. The maximum atomic E-state index is 11.5. The predicted molar refractivity (Wildman–Crippen MR) is 65.6 cm³/mol. The van der Waals surface area contributed by atoms with Crippen molar-refractivity contribution in [3.8, 4) is 0 Å². The van der Waals surface area contributed by atoms with Gasteiger partial charge in [0.2, 0.25) is 0 Å². The third-order valence-electron chi connectivity index (χ3n) is 1.99. The molecule has 0 rings (SSSR count). The molecule has 96 valence electrons. The van der Waals surface area contributed by atoms with Crippen LogP contribution in [0.2, 0.25) is 24.9 Å². The van der Waals surface area contributed by atoms with Crippen LogP contribution in [0.15, 0.2) is 0 Å². The summed E-state index contributed by atoms with van der Waals surface area (Å²) in [5, 5.41) is 0.493. The number of hydrogen-bond donors (Lipinski definition) is 0. The van der Waals surface area contributed by atoms with E-state index in [-0.39, 0.29) is 5.97 Å². The van der Waals surface area contributed by atoms with Crippen molar-refractivity contribution in [2.75, 3.05) is 21.3 Å². The van der Waals surface area contributed by atoms with E-state index in [1.165, 1.54) is 0 Å². The summed E-state index contributed by atoms with van der Waals surface area (Å²) in [6.07, 6.45) is 0.291. The van der Waals surface area contributed by atoms with Crippen molar-refractivity contribution in [2.24, 2.45) is 0 Å². The second-order valence-electron chi connectivity index (χ2n) is 4.38. The molecule has 0 aliphatic rings. The average Bonchev–Trinajstić information content (AvgIpc) is 2.18. The van der Waals surface area contributed by atoms with Crippen molar-refractivity contribution in [1.29, 1.82) is 0 Å². The zero-order valence-electron chi connectivity index (χ0n) is 11.0.